The van der Waals surface area contributed by atoms with E-state index in [-0.39, 0.29) is 36.9 Å². The molecule has 0 aliphatic carbocycles. The lowest BCUT2D eigenvalue weighted by Gasteiger charge is -2.30. The van der Waals surface area contributed by atoms with Gasteiger partial charge < -0.3 is 14.2 Å². The van der Waals surface area contributed by atoms with Crippen LogP contribution in [0.4, 0.5) is 5.82 Å². The number of hydrogen-bond acceptors (Lipinski definition) is 7. The maximum absolute atomic E-state index is 13.0. The summed E-state index contributed by atoms with van der Waals surface area (Å²) in [7, 11) is 0. The van der Waals surface area contributed by atoms with Gasteiger partial charge in [-0.1, -0.05) is 19.0 Å². The molecule has 0 saturated carbocycles. The van der Waals surface area contributed by atoms with Crippen molar-refractivity contribution in [3.8, 4) is 5.75 Å². The Balaban J connectivity index is 1.53. The number of likely N-dealkylation sites (tertiary alicyclic amines) is 1. The average molecular weight is 371 g/mol. The molecule has 4 heterocycles. The minimum atomic E-state index is -0.287. The normalized spacial score (nSPS) is 19.4. The van der Waals surface area contributed by atoms with Crippen molar-refractivity contribution in [2.45, 2.75) is 38.6 Å². The van der Waals surface area contributed by atoms with Gasteiger partial charge >= 0.3 is 0 Å². The van der Waals surface area contributed by atoms with Crippen molar-refractivity contribution in [2.24, 2.45) is 0 Å². The van der Waals surface area contributed by atoms with E-state index in [2.05, 4.69) is 15.1 Å². The predicted octanol–water partition coefficient (Wildman–Crippen LogP) is 1.68. The zero-order chi connectivity index (χ0) is 19.0. The van der Waals surface area contributed by atoms with Gasteiger partial charge in [0, 0.05) is 18.7 Å². The standard InChI is InChI=1S/C18H21N5O4/c1-11(2)16-20-18(27-21-16)12-5-4-8-22(12)14(24)9-23-15(25)10-26-13-6-3-7-19-17(13)23/h3,6-7,11-12H,4-5,8-10H2,1-2H3/t12-/m0/s1. The largest absolute Gasteiger partial charge is 0.480 e. The molecule has 0 bridgehead atoms. The Labute approximate surface area is 156 Å². The van der Waals surface area contributed by atoms with Crippen molar-refractivity contribution < 1.29 is 18.8 Å². The lowest BCUT2D eigenvalue weighted by molar-refractivity contribution is -0.133. The smallest absolute Gasteiger partial charge is 0.266 e. The number of aromatic nitrogens is 3. The number of pyridine rings is 1. The van der Waals surface area contributed by atoms with Crippen LogP contribution in [0.1, 0.15) is 50.4 Å². The van der Waals surface area contributed by atoms with Crippen LogP contribution in [0.15, 0.2) is 22.9 Å². The molecule has 1 atom stereocenters. The quantitative estimate of drug-likeness (QED) is 0.806. The third-order valence-corrected chi connectivity index (χ3v) is 4.78. The summed E-state index contributed by atoms with van der Waals surface area (Å²) in [6, 6.07) is 3.21. The van der Waals surface area contributed by atoms with E-state index >= 15 is 0 Å². The van der Waals surface area contributed by atoms with Gasteiger partial charge in [0.1, 0.15) is 12.6 Å². The van der Waals surface area contributed by atoms with Gasteiger partial charge in [-0.2, -0.15) is 4.98 Å². The summed E-state index contributed by atoms with van der Waals surface area (Å²) in [5, 5.41) is 4.00. The molecule has 1 fully saturated rings. The molecule has 2 aromatic heterocycles. The van der Waals surface area contributed by atoms with Crippen LogP contribution in [-0.2, 0) is 9.59 Å². The topological polar surface area (TPSA) is 102 Å². The van der Waals surface area contributed by atoms with E-state index in [1.165, 1.54) is 4.90 Å². The molecule has 0 aromatic carbocycles. The maximum Gasteiger partial charge on any atom is 0.266 e. The Bertz CT molecular complexity index is 865. The van der Waals surface area contributed by atoms with E-state index in [1.54, 1.807) is 23.2 Å². The van der Waals surface area contributed by atoms with Gasteiger partial charge in [-0.25, -0.2) is 4.98 Å². The van der Waals surface area contributed by atoms with Crippen LogP contribution in [0, 0.1) is 0 Å². The van der Waals surface area contributed by atoms with E-state index < -0.39 is 0 Å². The van der Waals surface area contributed by atoms with E-state index in [9.17, 15) is 9.59 Å². The molecule has 142 valence electrons. The van der Waals surface area contributed by atoms with Crippen molar-refractivity contribution in [1.29, 1.82) is 0 Å². The second-order valence-electron chi connectivity index (χ2n) is 6.98. The number of fused-ring (bicyclic) bond motifs is 1. The first-order valence-electron chi connectivity index (χ1n) is 9.05. The van der Waals surface area contributed by atoms with Gasteiger partial charge in [0.25, 0.3) is 5.91 Å². The molecule has 0 spiro atoms. The Kier molecular flexibility index (Phi) is 4.51. The number of anilines is 1. The van der Waals surface area contributed by atoms with Crippen LogP contribution in [0.5, 0.6) is 5.75 Å². The van der Waals surface area contributed by atoms with Crippen LogP contribution in [0.2, 0.25) is 0 Å². The summed E-state index contributed by atoms with van der Waals surface area (Å²) >= 11 is 0. The molecule has 0 unspecified atom stereocenters. The molecular weight excluding hydrogens is 350 g/mol. The number of amides is 2. The van der Waals surface area contributed by atoms with Crippen molar-refractivity contribution >= 4 is 17.6 Å². The minimum absolute atomic E-state index is 0.0894. The molecule has 2 amide bonds. The number of nitrogens with zero attached hydrogens (tertiary/aromatic N) is 5. The van der Waals surface area contributed by atoms with Gasteiger partial charge in [0.15, 0.2) is 24.0 Å². The third-order valence-electron chi connectivity index (χ3n) is 4.78. The molecule has 0 radical (unpaired) electrons. The first-order valence-corrected chi connectivity index (χ1v) is 9.05. The second-order valence-corrected chi connectivity index (χ2v) is 6.98. The van der Waals surface area contributed by atoms with E-state index in [0.717, 1.165) is 12.8 Å². The predicted molar refractivity (Wildman–Crippen MR) is 94.2 cm³/mol. The highest BCUT2D eigenvalue weighted by molar-refractivity contribution is 6.01. The fraction of sp³-hybridized carbons (Fsp3) is 0.500. The lowest BCUT2D eigenvalue weighted by atomic mass is 10.2. The van der Waals surface area contributed by atoms with Gasteiger partial charge in [0.05, 0.1) is 0 Å². The Morgan fingerprint density at radius 2 is 2.26 bits per heavy atom. The van der Waals surface area contributed by atoms with Crippen LogP contribution >= 0.6 is 0 Å². The fourth-order valence-corrected chi connectivity index (χ4v) is 3.36. The lowest BCUT2D eigenvalue weighted by Crippen LogP contribution is -2.46. The first kappa shape index (κ1) is 17.4. The number of rotatable bonds is 4. The molecule has 2 aromatic rings. The van der Waals surface area contributed by atoms with Crippen molar-refractivity contribution in [3.63, 3.8) is 0 Å². The summed E-state index contributed by atoms with van der Waals surface area (Å²) in [5.41, 5.74) is 0. The molecule has 9 nitrogen and oxygen atoms in total. The van der Waals surface area contributed by atoms with Crippen LogP contribution in [0.3, 0.4) is 0 Å². The molecule has 0 N–H and O–H groups in total. The van der Waals surface area contributed by atoms with E-state index in [0.29, 0.717) is 29.8 Å². The van der Waals surface area contributed by atoms with E-state index in [4.69, 9.17) is 9.26 Å². The number of carbonyl (C=O) groups excluding carboxylic acids is 2. The molecule has 1 saturated heterocycles. The Hall–Kier alpha value is -2.97. The molecule has 2 aliphatic heterocycles. The van der Waals surface area contributed by atoms with Crippen LogP contribution < -0.4 is 9.64 Å². The van der Waals surface area contributed by atoms with Crippen LogP contribution in [0.25, 0.3) is 0 Å². The Morgan fingerprint density at radius 1 is 1.41 bits per heavy atom. The Morgan fingerprint density at radius 3 is 3.04 bits per heavy atom. The highest BCUT2D eigenvalue weighted by atomic mass is 16.5. The zero-order valence-electron chi connectivity index (χ0n) is 15.3. The first-order chi connectivity index (χ1) is 13.0. The fourth-order valence-electron chi connectivity index (χ4n) is 3.36. The summed E-state index contributed by atoms with van der Waals surface area (Å²) in [5.74, 6) is 1.65. The maximum atomic E-state index is 13.0. The molecule has 27 heavy (non-hydrogen) atoms. The van der Waals surface area contributed by atoms with E-state index in [1.807, 2.05) is 13.8 Å². The van der Waals surface area contributed by atoms with Crippen molar-refractivity contribution in [2.75, 3.05) is 24.6 Å². The number of carbonyl (C=O) groups is 2. The molecule has 2 aliphatic rings. The molecule has 4 rings (SSSR count). The minimum Gasteiger partial charge on any atom is -0.480 e. The third kappa shape index (κ3) is 3.24. The summed E-state index contributed by atoms with van der Waals surface area (Å²) < 4.78 is 10.8. The molecular formula is C18H21N5O4. The summed E-state index contributed by atoms with van der Waals surface area (Å²) in [6.07, 6.45) is 3.18. The zero-order valence-corrected chi connectivity index (χ0v) is 15.3. The summed E-state index contributed by atoms with van der Waals surface area (Å²) in [6.45, 7) is 4.38. The summed E-state index contributed by atoms with van der Waals surface area (Å²) in [4.78, 5) is 37.0. The van der Waals surface area contributed by atoms with Crippen LogP contribution in [-0.4, -0.2) is 51.5 Å². The van der Waals surface area contributed by atoms with Gasteiger partial charge in [-0.15, -0.1) is 0 Å². The second kappa shape index (κ2) is 6.98. The average Bonchev–Trinajstić information content (AvgIpc) is 3.33. The molecule has 9 heteroatoms. The number of hydrogen-bond donors (Lipinski definition) is 0. The number of ether oxygens (including phenoxy) is 1. The van der Waals surface area contributed by atoms with Gasteiger partial charge in [-0.05, 0) is 25.0 Å². The highest BCUT2D eigenvalue weighted by Crippen LogP contribution is 2.33. The van der Waals surface area contributed by atoms with Gasteiger partial charge in [0.2, 0.25) is 11.8 Å². The SMILES string of the molecule is CC(C)c1noc([C@@H]2CCCN2C(=O)CN2C(=O)COc3cccnc32)n1. The monoisotopic (exact) mass is 371 g/mol. The van der Waals surface area contributed by atoms with Gasteiger partial charge in [-0.3, -0.25) is 14.5 Å². The van der Waals surface area contributed by atoms with Crippen molar-refractivity contribution in [3.05, 3.63) is 30.0 Å². The van der Waals surface area contributed by atoms with Crippen molar-refractivity contribution in [1.82, 2.24) is 20.0 Å². The highest BCUT2D eigenvalue weighted by Gasteiger charge is 2.37.